The summed E-state index contributed by atoms with van der Waals surface area (Å²) < 4.78 is 13.1. The minimum atomic E-state index is -0.295. The van der Waals surface area contributed by atoms with E-state index >= 15 is 0 Å². The summed E-state index contributed by atoms with van der Waals surface area (Å²) in [6.45, 7) is 1.74. The molecule has 0 fully saturated rings. The highest BCUT2D eigenvalue weighted by Crippen LogP contribution is 2.12. The molecular formula is C9H8FNO. The summed E-state index contributed by atoms with van der Waals surface area (Å²) in [5.74, 6) is -0.295. The van der Waals surface area contributed by atoms with Crippen molar-refractivity contribution in [3.8, 4) is 0 Å². The second-order valence-electron chi connectivity index (χ2n) is 2.46. The second kappa shape index (κ2) is 3.79. The van der Waals surface area contributed by atoms with E-state index in [0.717, 1.165) is 0 Å². The zero-order valence-corrected chi connectivity index (χ0v) is 6.67. The molecule has 0 unspecified atom stereocenters. The molecule has 0 amide bonds. The predicted octanol–water partition coefficient (Wildman–Crippen LogP) is 1.97. The average molecular weight is 165 g/mol. The van der Waals surface area contributed by atoms with Crippen molar-refractivity contribution in [3.63, 3.8) is 0 Å². The van der Waals surface area contributed by atoms with Gasteiger partial charge >= 0.3 is 0 Å². The number of hydrogen-bond donors (Lipinski definition) is 0. The molecule has 0 bridgehead atoms. The molecule has 0 aliphatic carbocycles. The minimum Gasteiger partial charge on any atom is -0.211 e. The van der Waals surface area contributed by atoms with Crippen molar-refractivity contribution in [1.29, 1.82) is 0 Å². The Balaban J connectivity index is 2.99. The fraction of sp³-hybridized carbons (Fsp3) is 0.222. The van der Waals surface area contributed by atoms with Crippen LogP contribution in [0.2, 0.25) is 0 Å². The molecule has 12 heavy (non-hydrogen) atoms. The standard InChI is InChI=1S/C9H8FNO/c1-7-3-2-4-8(9(7)10)5-11-6-12/h2-4H,5H2,1H3. The monoisotopic (exact) mass is 165 g/mol. The Morgan fingerprint density at radius 3 is 3.00 bits per heavy atom. The van der Waals surface area contributed by atoms with Gasteiger partial charge in [-0.2, -0.15) is 0 Å². The van der Waals surface area contributed by atoms with E-state index in [4.69, 9.17) is 0 Å². The molecule has 0 aromatic heterocycles. The van der Waals surface area contributed by atoms with E-state index in [1.165, 1.54) is 6.08 Å². The van der Waals surface area contributed by atoms with Crippen molar-refractivity contribution in [2.45, 2.75) is 13.5 Å². The lowest BCUT2D eigenvalue weighted by molar-refractivity contribution is 0.561. The van der Waals surface area contributed by atoms with E-state index in [1.807, 2.05) is 0 Å². The summed E-state index contributed by atoms with van der Waals surface area (Å²) in [6.07, 6.45) is 1.37. The van der Waals surface area contributed by atoms with E-state index in [-0.39, 0.29) is 12.4 Å². The normalized spacial score (nSPS) is 9.17. The van der Waals surface area contributed by atoms with Gasteiger partial charge in [0.1, 0.15) is 5.82 Å². The molecule has 0 aliphatic heterocycles. The van der Waals surface area contributed by atoms with Crippen LogP contribution in [-0.2, 0) is 11.3 Å². The fourth-order valence-electron chi connectivity index (χ4n) is 0.948. The maximum absolute atomic E-state index is 13.1. The highest BCUT2D eigenvalue weighted by Gasteiger charge is 2.02. The summed E-state index contributed by atoms with van der Waals surface area (Å²) >= 11 is 0. The molecule has 0 atom stereocenters. The molecule has 1 aromatic carbocycles. The Morgan fingerprint density at radius 2 is 2.33 bits per heavy atom. The van der Waals surface area contributed by atoms with Crippen LogP contribution >= 0.6 is 0 Å². The first-order chi connectivity index (χ1) is 5.75. The van der Waals surface area contributed by atoms with Crippen molar-refractivity contribution in [2.24, 2.45) is 4.99 Å². The average Bonchev–Trinajstić information content (AvgIpc) is 2.08. The number of nitrogens with zero attached hydrogens (tertiary/aromatic N) is 1. The van der Waals surface area contributed by atoms with Crippen LogP contribution in [0.15, 0.2) is 23.2 Å². The number of isocyanates is 1. The van der Waals surface area contributed by atoms with E-state index in [1.54, 1.807) is 25.1 Å². The molecule has 2 nitrogen and oxygen atoms in total. The van der Waals surface area contributed by atoms with Gasteiger partial charge in [-0.3, -0.25) is 0 Å². The largest absolute Gasteiger partial charge is 0.235 e. The van der Waals surface area contributed by atoms with Gasteiger partial charge in [0.15, 0.2) is 0 Å². The predicted molar refractivity (Wildman–Crippen MR) is 43.0 cm³/mol. The first-order valence-electron chi connectivity index (χ1n) is 3.53. The third-order valence-electron chi connectivity index (χ3n) is 1.59. The zero-order chi connectivity index (χ0) is 8.97. The molecule has 1 rings (SSSR count). The summed E-state index contributed by atoms with van der Waals surface area (Å²) in [4.78, 5) is 13.1. The van der Waals surface area contributed by atoms with Crippen molar-refractivity contribution < 1.29 is 9.18 Å². The third-order valence-corrected chi connectivity index (χ3v) is 1.59. The van der Waals surface area contributed by atoms with Crippen molar-refractivity contribution >= 4 is 6.08 Å². The topological polar surface area (TPSA) is 29.4 Å². The molecule has 0 radical (unpaired) electrons. The Morgan fingerprint density at radius 1 is 1.58 bits per heavy atom. The lowest BCUT2D eigenvalue weighted by atomic mass is 10.1. The second-order valence-corrected chi connectivity index (χ2v) is 2.46. The number of aryl methyl sites for hydroxylation is 1. The summed E-state index contributed by atoms with van der Waals surface area (Å²) in [5, 5.41) is 0. The summed E-state index contributed by atoms with van der Waals surface area (Å²) in [6, 6.07) is 5.00. The van der Waals surface area contributed by atoms with Gasteiger partial charge in [-0.05, 0) is 12.5 Å². The van der Waals surface area contributed by atoms with Gasteiger partial charge in [0, 0.05) is 5.56 Å². The van der Waals surface area contributed by atoms with Crippen LogP contribution in [0.1, 0.15) is 11.1 Å². The molecule has 0 spiro atoms. The van der Waals surface area contributed by atoms with Gasteiger partial charge in [0.05, 0.1) is 6.54 Å². The Kier molecular flexibility index (Phi) is 2.72. The quantitative estimate of drug-likeness (QED) is 0.486. The molecule has 0 saturated heterocycles. The lowest BCUT2D eigenvalue weighted by Gasteiger charge is -2.00. The van der Waals surface area contributed by atoms with Crippen LogP contribution in [0, 0.1) is 12.7 Å². The van der Waals surface area contributed by atoms with Crippen molar-refractivity contribution in [2.75, 3.05) is 0 Å². The molecule has 3 heteroatoms. The smallest absolute Gasteiger partial charge is 0.211 e. The number of carbonyl (C=O) groups excluding carboxylic acids is 1. The van der Waals surface area contributed by atoms with E-state index in [2.05, 4.69) is 4.99 Å². The van der Waals surface area contributed by atoms with Crippen LogP contribution in [0.25, 0.3) is 0 Å². The fourth-order valence-corrected chi connectivity index (χ4v) is 0.948. The minimum absolute atomic E-state index is 0.0665. The van der Waals surface area contributed by atoms with E-state index in [9.17, 15) is 9.18 Å². The van der Waals surface area contributed by atoms with Crippen LogP contribution in [-0.4, -0.2) is 6.08 Å². The number of rotatable bonds is 2. The number of benzene rings is 1. The van der Waals surface area contributed by atoms with Gasteiger partial charge < -0.3 is 0 Å². The maximum atomic E-state index is 13.1. The molecule has 0 N–H and O–H groups in total. The van der Waals surface area contributed by atoms with Gasteiger partial charge in [-0.25, -0.2) is 14.2 Å². The summed E-state index contributed by atoms with van der Waals surface area (Å²) in [7, 11) is 0. The first-order valence-corrected chi connectivity index (χ1v) is 3.53. The molecular weight excluding hydrogens is 157 g/mol. The molecule has 0 saturated carbocycles. The van der Waals surface area contributed by atoms with Crippen molar-refractivity contribution in [1.82, 2.24) is 0 Å². The van der Waals surface area contributed by atoms with Gasteiger partial charge in [-0.1, -0.05) is 18.2 Å². The SMILES string of the molecule is Cc1cccc(CN=C=O)c1F. The molecule has 0 heterocycles. The van der Waals surface area contributed by atoms with Gasteiger partial charge in [-0.15, -0.1) is 0 Å². The number of aliphatic imine (C=N–C) groups is 1. The summed E-state index contributed by atoms with van der Waals surface area (Å²) in [5.41, 5.74) is 0.993. The Labute approximate surface area is 69.7 Å². The van der Waals surface area contributed by atoms with Gasteiger partial charge in [0.25, 0.3) is 0 Å². The van der Waals surface area contributed by atoms with E-state index in [0.29, 0.717) is 11.1 Å². The lowest BCUT2D eigenvalue weighted by Crippen LogP contribution is -1.90. The third kappa shape index (κ3) is 1.77. The highest BCUT2D eigenvalue weighted by molar-refractivity contribution is 5.34. The zero-order valence-electron chi connectivity index (χ0n) is 6.67. The molecule has 0 aliphatic rings. The molecule has 62 valence electrons. The highest BCUT2D eigenvalue weighted by atomic mass is 19.1. The van der Waals surface area contributed by atoms with Gasteiger partial charge in [0.2, 0.25) is 6.08 Å². The van der Waals surface area contributed by atoms with Crippen molar-refractivity contribution in [3.05, 3.63) is 35.1 Å². The Hall–Kier alpha value is -1.47. The number of hydrogen-bond acceptors (Lipinski definition) is 2. The van der Waals surface area contributed by atoms with Crippen LogP contribution < -0.4 is 0 Å². The van der Waals surface area contributed by atoms with Crippen LogP contribution in [0.5, 0.6) is 0 Å². The van der Waals surface area contributed by atoms with E-state index < -0.39 is 0 Å². The number of halogens is 1. The van der Waals surface area contributed by atoms with Crippen LogP contribution in [0.4, 0.5) is 4.39 Å². The Bertz CT molecular complexity index is 329. The van der Waals surface area contributed by atoms with Crippen LogP contribution in [0.3, 0.4) is 0 Å². The first kappa shape index (κ1) is 8.62. The maximum Gasteiger partial charge on any atom is 0.235 e. The molecule has 1 aromatic rings.